The summed E-state index contributed by atoms with van der Waals surface area (Å²) in [6.07, 6.45) is 7.16. The van der Waals surface area contributed by atoms with Gasteiger partial charge in [0.15, 0.2) is 0 Å². The van der Waals surface area contributed by atoms with Gasteiger partial charge in [0.05, 0.1) is 18.3 Å². The second kappa shape index (κ2) is 6.49. The lowest BCUT2D eigenvalue weighted by Crippen LogP contribution is -2.32. The van der Waals surface area contributed by atoms with E-state index in [1.54, 1.807) is 0 Å². The van der Waals surface area contributed by atoms with Crippen LogP contribution < -0.4 is 0 Å². The van der Waals surface area contributed by atoms with Crippen molar-refractivity contribution in [1.29, 1.82) is 0 Å². The van der Waals surface area contributed by atoms with Crippen molar-refractivity contribution in [2.45, 2.75) is 77.6 Å². The summed E-state index contributed by atoms with van der Waals surface area (Å²) in [7, 11) is 0. The summed E-state index contributed by atoms with van der Waals surface area (Å²) >= 11 is 0. The summed E-state index contributed by atoms with van der Waals surface area (Å²) in [6, 6.07) is 0. The molecule has 0 amide bonds. The van der Waals surface area contributed by atoms with Crippen LogP contribution in [0.2, 0.25) is 0 Å². The summed E-state index contributed by atoms with van der Waals surface area (Å²) in [4.78, 5) is 0. The summed E-state index contributed by atoms with van der Waals surface area (Å²) in [5, 5.41) is 9.66. The first-order valence-corrected chi connectivity index (χ1v) is 6.50. The highest BCUT2D eigenvalue weighted by atomic mass is 16.5. The zero-order valence-electron chi connectivity index (χ0n) is 10.4. The van der Waals surface area contributed by atoms with Crippen molar-refractivity contribution in [3.05, 3.63) is 0 Å². The topological polar surface area (TPSA) is 29.5 Å². The first kappa shape index (κ1) is 13.0. The number of ether oxygens (including phenoxy) is 1. The Bertz CT molecular complexity index is 170. The zero-order chi connectivity index (χ0) is 11.3. The molecule has 1 rings (SSSR count). The Hall–Kier alpha value is -0.0800. The lowest BCUT2D eigenvalue weighted by Gasteiger charge is -2.31. The van der Waals surface area contributed by atoms with Crippen LogP contribution in [0, 0.1) is 5.92 Å². The van der Waals surface area contributed by atoms with E-state index in [0.29, 0.717) is 6.10 Å². The van der Waals surface area contributed by atoms with Gasteiger partial charge in [0.25, 0.3) is 0 Å². The van der Waals surface area contributed by atoms with E-state index in [9.17, 15) is 5.11 Å². The molecule has 1 aliphatic carbocycles. The van der Waals surface area contributed by atoms with Crippen LogP contribution in [0.25, 0.3) is 0 Å². The number of hydrogen-bond acceptors (Lipinski definition) is 2. The molecule has 15 heavy (non-hydrogen) atoms. The van der Waals surface area contributed by atoms with Gasteiger partial charge < -0.3 is 9.84 Å². The molecule has 0 spiro atoms. The van der Waals surface area contributed by atoms with Gasteiger partial charge >= 0.3 is 0 Å². The lowest BCUT2D eigenvalue weighted by molar-refractivity contribution is -0.0852. The maximum absolute atomic E-state index is 9.66. The summed E-state index contributed by atoms with van der Waals surface area (Å²) in [6.45, 7) is 6.25. The number of aliphatic hydroxyl groups is 1. The van der Waals surface area contributed by atoms with Crippen molar-refractivity contribution < 1.29 is 9.84 Å². The van der Waals surface area contributed by atoms with Crippen LogP contribution in [0.15, 0.2) is 0 Å². The predicted octanol–water partition coefficient (Wildman–Crippen LogP) is 3.13. The normalized spacial score (nSPS) is 31.2. The Balaban J connectivity index is 2.31. The molecule has 0 radical (unpaired) electrons. The molecule has 0 bridgehead atoms. The second-order valence-electron chi connectivity index (χ2n) is 4.88. The minimum atomic E-state index is -0.299. The Morgan fingerprint density at radius 3 is 2.67 bits per heavy atom. The quantitative estimate of drug-likeness (QED) is 0.762. The maximum Gasteiger partial charge on any atom is 0.0809 e. The molecule has 4 unspecified atom stereocenters. The van der Waals surface area contributed by atoms with E-state index in [0.717, 1.165) is 12.3 Å². The van der Waals surface area contributed by atoms with E-state index >= 15 is 0 Å². The average molecular weight is 214 g/mol. The molecule has 1 N–H and O–H groups in total. The predicted molar refractivity (Wildman–Crippen MR) is 62.9 cm³/mol. The van der Waals surface area contributed by atoms with Crippen LogP contribution in [0.5, 0.6) is 0 Å². The van der Waals surface area contributed by atoms with Crippen LogP contribution >= 0.6 is 0 Å². The lowest BCUT2D eigenvalue weighted by atomic mass is 9.85. The average Bonchev–Trinajstić information content (AvgIpc) is 2.28. The molecule has 1 saturated carbocycles. The summed E-state index contributed by atoms with van der Waals surface area (Å²) in [5.41, 5.74) is 0. The van der Waals surface area contributed by atoms with Gasteiger partial charge in [0, 0.05) is 0 Å². The smallest absolute Gasteiger partial charge is 0.0809 e. The molecule has 0 aromatic carbocycles. The van der Waals surface area contributed by atoms with Gasteiger partial charge in [0.1, 0.15) is 0 Å². The van der Waals surface area contributed by atoms with Crippen LogP contribution in [-0.2, 0) is 4.74 Å². The number of hydrogen-bond donors (Lipinski definition) is 1. The van der Waals surface area contributed by atoms with E-state index in [-0.39, 0.29) is 12.2 Å². The van der Waals surface area contributed by atoms with Crippen LogP contribution in [0.1, 0.15) is 59.3 Å². The van der Waals surface area contributed by atoms with Gasteiger partial charge in [-0.1, -0.05) is 33.1 Å². The molecule has 1 aliphatic rings. The molecule has 1 fully saturated rings. The van der Waals surface area contributed by atoms with E-state index in [2.05, 4.69) is 6.92 Å². The SMILES string of the molecule is CCC1CCCC(OC(C)C(O)CC)C1. The highest BCUT2D eigenvalue weighted by Crippen LogP contribution is 2.29. The van der Waals surface area contributed by atoms with Crippen molar-refractivity contribution in [3.8, 4) is 0 Å². The fourth-order valence-corrected chi connectivity index (χ4v) is 2.46. The van der Waals surface area contributed by atoms with E-state index in [1.807, 2.05) is 13.8 Å². The monoisotopic (exact) mass is 214 g/mol. The molecular formula is C13H26O2. The molecule has 0 aliphatic heterocycles. The third kappa shape index (κ3) is 4.12. The van der Waals surface area contributed by atoms with Gasteiger partial charge in [-0.15, -0.1) is 0 Å². The van der Waals surface area contributed by atoms with Crippen molar-refractivity contribution >= 4 is 0 Å². The van der Waals surface area contributed by atoms with Crippen molar-refractivity contribution in [2.24, 2.45) is 5.92 Å². The maximum atomic E-state index is 9.66. The third-order valence-corrected chi connectivity index (χ3v) is 3.68. The van der Waals surface area contributed by atoms with Gasteiger partial charge in [0.2, 0.25) is 0 Å². The largest absolute Gasteiger partial charge is 0.390 e. The molecular weight excluding hydrogens is 188 g/mol. The van der Waals surface area contributed by atoms with Gasteiger partial charge in [-0.2, -0.15) is 0 Å². The van der Waals surface area contributed by atoms with E-state index in [4.69, 9.17) is 4.74 Å². The molecule has 0 aromatic heterocycles. The first-order chi connectivity index (χ1) is 7.17. The van der Waals surface area contributed by atoms with Crippen molar-refractivity contribution in [2.75, 3.05) is 0 Å². The molecule has 4 atom stereocenters. The summed E-state index contributed by atoms with van der Waals surface area (Å²) < 4.78 is 5.93. The Morgan fingerprint density at radius 1 is 1.33 bits per heavy atom. The summed E-state index contributed by atoms with van der Waals surface area (Å²) in [5.74, 6) is 0.842. The molecule has 2 heteroatoms. The van der Waals surface area contributed by atoms with Crippen LogP contribution in [-0.4, -0.2) is 23.4 Å². The molecule has 2 nitrogen and oxygen atoms in total. The van der Waals surface area contributed by atoms with Gasteiger partial charge in [-0.3, -0.25) is 0 Å². The van der Waals surface area contributed by atoms with E-state index in [1.165, 1.54) is 32.1 Å². The molecule has 0 aromatic rings. The minimum Gasteiger partial charge on any atom is -0.390 e. The van der Waals surface area contributed by atoms with Crippen molar-refractivity contribution in [3.63, 3.8) is 0 Å². The fraction of sp³-hybridized carbons (Fsp3) is 1.00. The van der Waals surface area contributed by atoms with Crippen LogP contribution in [0.3, 0.4) is 0 Å². The number of aliphatic hydroxyl groups excluding tert-OH is 1. The van der Waals surface area contributed by atoms with E-state index < -0.39 is 0 Å². The standard InChI is InChI=1S/C13H26O2/c1-4-11-7-6-8-12(9-11)15-10(3)13(14)5-2/h10-14H,4-9H2,1-3H3. The molecule has 0 heterocycles. The van der Waals surface area contributed by atoms with Crippen LogP contribution in [0.4, 0.5) is 0 Å². The second-order valence-corrected chi connectivity index (χ2v) is 4.88. The van der Waals surface area contributed by atoms with Crippen molar-refractivity contribution in [1.82, 2.24) is 0 Å². The van der Waals surface area contributed by atoms with Gasteiger partial charge in [-0.05, 0) is 32.1 Å². The zero-order valence-corrected chi connectivity index (χ0v) is 10.4. The highest BCUT2D eigenvalue weighted by Gasteiger charge is 2.24. The van der Waals surface area contributed by atoms with Gasteiger partial charge in [-0.25, -0.2) is 0 Å². The first-order valence-electron chi connectivity index (χ1n) is 6.50. The fourth-order valence-electron chi connectivity index (χ4n) is 2.46. The molecule has 0 saturated heterocycles. The Labute approximate surface area is 94.0 Å². The third-order valence-electron chi connectivity index (χ3n) is 3.68. The minimum absolute atomic E-state index is 0.00407. The number of rotatable bonds is 5. The Kier molecular flexibility index (Phi) is 5.62. The molecule has 90 valence electrons. The highest BCUT2D eigenvalue weighted by molar-refractivity contribution is 4.74. The Morgan fingerprint density at radius 2 is 2.07 bits per heavy atom.